The van der Waals surface area contributed by atoms with E-state index in [4.69, 9.17) is 4.74 Å². The molecule has 0 aliphatic heterocycles. The number of carbonyl (C=O) groups is 1. The first-order valence-electron chi connectivity index (χ1n) is 6.94. The van der Waals surface area contributed by atoms with Crippen LogP contribution in [0.3, 0.4) is 0 Å². The van der Waals surface area contributed by atoms with Crippen molar-refractivity contribution in [3.05, 3.63) is 29.8 Å². The van der Waals surface area contributed by atoms with Gasteiger partial charge in [-0.2, -0.15) is 0 Å². The molecule has 0 bridgehead atoms. The SMILES string of the molecule is Cc1ccccc1OCCNC(=O)NCCCN(C)C. The fourth-order valence-electron chi connectivity index (χ4n) is 1.70. The first kappa shape index (κ1) is 16.3. The van der Waals surface area contributed by atoms with Gasteiger partial charge in [-0.15, -0.1) is 0 Å². The summed E-state index contributed by atoms with van der Waals surface area (Å²) in [5.74, 6) is 0.862. The lowest BCUT2D eigenvalue weighted by Gasteiger charge is -2.11. The first-order valence-corrected chi connectivity index (χ1v) is 6.94. The number of hydrogen-bond donors (Lipinski definition) is 2. The molecule has 0 saturated carbocycles. The molecule has 0 aliphatic rings. The van der Waals surface area contributed by atoms with Gasteiger partial charge < -0.3 is 20.3 Å². The van der Waals surface area contributed by atoms with Crippen molar-refractivity contribution in [2.24, 2.45) is 0 Å². The van der Waals surface area contributed by atoms with Crippen LogP contribution >= 0.6 is 0 Å². The fraction of sp³-hybridized carbons (Fsp3) is 0.533. The Bertz CT molecular complexity index is 408. The molecule has 0 heterocycles. The molecule has 2 amide bonds. The number of nitrogens with zero attached hydrogens (tertiary/aromatic N) is 1. The Labute approximate surface area is 121 Å². The highest BCUT2D eigenvalue weighted by Gasteiger charge is 2.00. The van der Waals surface area contributed by atoms with E-state index in [1.807, 2.05) is 45.3 Å². The van der Waals surface area contributed by atoms with Gasteiger partial charge in [-0.3, -0.25) is 0 Å². The van der Waals surface area contributed by atoms with Crippen molar-refractivity contribution in [1.82, 2.24) is 15.5 Å². The zero-order valence-electron chi connectivity index (χ0n) is 12.6. The molecule has 0 spiro atoms. The number of hydrogen-bond acceptors (Lipinski definition) is 3. The Morgan fingerprint density at radius 3 is 2.60 bits per heavy atom. The molecule has 0 radical (unpaired) electrons. The van der Waals surface area contributed by atoms with E-state index in [0.717, 1.165) is 24.3 Å². The van der Waals surface area contributed by atoms with Crippen LogP contribution in [0.4, 0.5) is 4.79 Å². The molecule has 0 fully saturated rings. The molecule has 0 atom stereocenters. The number of urea groups is 1. The number of para-hydroxylation sites is 1. The van der Waals surface area contributed by atoms with Crippen LogP contribution in [0.5, 0.6) is 5.75 Å². The predicted octanol–water partition coefficient (Wildman–Crippen LogP) is 1.62. The third-order valence-corrected chi connectivity index (χ3v) is 2.81. The second-order valence-electron chi connectivity index (χ2n) is 4.95. The van der Waals surface area contributed by atoms with Crippen molar-refractivity contribution in [3.63, 3.8) is 0 Å². The van der Waals surface area contributed by atoms with Gasteiger partial charge in [0.25, 0.3) is 0 Å². The molecule has 1 aromatic rings. The minimum atomic E-state index is -0.142. The summed E-state index contributed by atoms with van der Waals surface area (Å²) in [5.41, 5.74) is 1.10. The second kappa shape index (κ2) is 9.20. The van der Waals surface area contributed by atoms with Gasteiger partial charge in [0, 0.05) is 6.54 Å². The van der Waals surface area contributed by atoms with Crippen LogP contribution in [0.2, 0.25) is 0 Å². The molecule has 0 unspecified atom stereocenters. The van der Waals surface area contributed by atoms with Crippen LogP contribution in [0.15, 0.2) is 24.3 Å². The van der Waals surface area contributed by atoms with Crippen molar-refractivity contribution >= 4 is 6.03 Å². The molecule has 1 rings (SSSR count). The molecule has 112 valence electrons. The van der Waals surface area contributed by atoms with Gasteiger partial charge >= 0.3 is 6.03 Å². The number of rotatable bonds is 8. The summed E-state index contributed by atoms with van der Waals surface area (Å²) in [6, 6.07) is 7.70. The summed E-state index contributed by atoms with van der Waals surface area (Å²) in [7, 11) is 4.03. The van der Waals surface area contributed by atoms with Crippen LogP contribution < -0.4 is 15.4 Å². The van der Waals surface area contributed by atoms with Crippen molar-refractivity contribution in [1.29, 1.82) is 0 Å². The lowest BCUT2D eigenvalue weighted by Crippen LogP contribution is -2.38. The second-order valence-corrected chi connectivity index (χ2v) is 4.95. The maximum atomic E-state index is 11.5. The van der Waals surface area contributed by atoms with Crippen molar-refractivity contribution < 1.29 is 9.53 Å². The Morgan fingerprint density at radius 1 is 1.20 bits per heavy atom. The first-order chi connectivity index (χ1) is 9.59. The van der Waals surface area contributed by atoms with Gasteiger partial charge in [0.1, 0.15) is 12.4 Å². The topological polar surface area (TPSA) is 53.6 Å². The lowest BCUT2D eigenvalue weighted by atomic mass is 10.2. The van der Waals surface area contributed by atoms with Crippen LogP contribution in [-0.4, -0.2) is 51.3 Å². The predicted molar refractivity (Wildman–Crippen MR) is 81.2 cm³/mol. The summed E-state index contributed by atoms with van der Waals surface area (Å²) in [6.07, 6.45) is 0.945. The number of amides is 2. The number of aryl methyl sites for hydroxylation is 1. The molecule has 2 N–H and O–H groups in total. The van der Waals surface area contributed by atoms with E-state index in [1.165, 1.54) is 0 Å². The molecule has 20 heavy (non-hydrogen) atoms. The minimum Gasteiger partial charge on any atom is -0.491 e. The van der Waals surface area contributed by atoms with Crippen molar-refractivity contribution in [2.75, 3.05) is 40.3 Å². The Kier molecular flexibility index (Phi) is 7.50. The lowest BCUT2D eigenvalue weighted by molar-refractivity contribution is 0.235. The Morgan fingerprint density at radius 2 is 1.90 bits per heavy atom. The minimum absolute atomic E-state index is 0.142. The molecule has 0 aliphatic carbocycles. The normalized spacial score (nSPS) is 10.4. The van der Waals surface area contributed by atoms with Gasteiger partial charge in [0.05, 0.1) is 6.54 Å². The van der Waals surface area contributed by atoms with Crippen molar-refractivity contribution in [2.45, 2.75) is 13.3 Å². The van der Waals surface area contributed by atoms with Gasteiger partial charge in [-0.25, -0.2) is 4.79 Å². The molecule has 1 aromatic carbocycles. The molecular formula is C15H25N3O2. The maximum Gasteiger partial charge on any atom is 0.314 e. The summed E-state index contributed by atoms with van der Waals surface area (Å²) in [5, 5.41) is 5.59. The van der Waals surface area contributed by atoms with Gasteiger partial charge in [0.2, 0.25) is 0 Å². The maximum absolute atomic E-state index is 11.5. The highest BCUT2D eigenvalue weighted by atomic mass is 16.5. The van der Waals surface area contributed by atoms with Crippen LogP contribution in [0.1, 0.15) is 12.0 Å². The summed E-state index contributed by atoms with van der Waals surface area (Å²) >= 11 is 0. The smallest absolute Gasteiger partial charge is 0.314 e. The van der Waals surface area contributed by atoms with Crippen LogP contribution in [0, 0.1) is 6.92 Å². The van der Waals surface area contributed by atoms with E-state index in [9.17, 15) is 4.79 Å². The highest BCUT2D eigenvalue weighted by Crippen LogP contribution is 2.15. The quantitative estimate of drug-likeness (QED) is 0.711. The summed E-state index contributed by atoms with van der Waals surface area (Å²) < 4.78 is 5.60. The van der Waals surface area contributed by atoms with Gasteiger partial charge in [-0.1, -0.05) is 18.2 Å². The monoisotopic (exact) mass is 279 g/mol. The van der Waals surface area contributed by atoms with E-state index in [0.29, 0.717) is 19.7 Å². The largest absolute Gasteiger partial charge is 0.491 e. The zero-order valence-corrected chi connectivity index (χ0v) is 12.6. The zero-order chi connectivity index (χ0) is 14.8. The summed E-state index contributed by atoms with van der Waals surface area (Å²) in [4.78, 5) is 13.6. The highest BCUT2D eigenvalue weighted by molar-refractivity contribution is 5.73. The number of carbonyl (C=O) groups excluding carboxylic acids is 1. The third-order valence-electron chi connectivity index (χ3n) is 2.81. The Balaban J connectivity index is 2.06. The van der Waals surface area contributed by atoms with Crippen LogP contribution in [-0.2, 0) is 0 Å². The molecular weight excluding hydrogens is 254 g/mol. The van der Waals surface area contributed by atoms with E-state index in [1.54, 1.807) is 0 Å². The van der Waals surface area contributed by atoms with E-state index in [-0.39, 0.29) is 6.03 Å². The average molecular weight is 279 g/mol. The van der Waals surface area contributed by atoms with Crippen molar-refractivity contribution in [3.8, 4) is 5.75 Å². The summed E-state index contributed by atoms with van der Waals surface area (Å²) in [6.45, 7) is 4.61. The van der Waals surface area contributed by atoms with E-state index < -0.39 is 0 Å². The van der Waals surface area contributed by atoms with E-state index >= 15 is 0 Å². The number of benzene rings is 1. The van der Waals surface area contributed by atoms with Gasteiger partial charge in [0.15, 0.2) is 0 Å². The van der Waals surface area contributed by atoms with E-state index in [2.05, 4.69) is 15.5 Å². The molecule has 0 saturated heterocycles. The number of ether oxygens (including phenoxy) is 1. The average Bonchev–Trinajstić information content (AvgIpc) is 2.41. The standard InChI is InChI=1S/C15H25N3O2/c1-13-7-4-5-8-14(13)20-12-10-17-15(19)16-9-6-11-18(2)3/h4-5,7-8H,6,9-12H2,1-3H3,(H2,16,17,19). The molecule has 5 heteroatoms. The molecule has 5 nitrogen and oxygen atoms in total. The fourth-order valence-corrected chi connectivity index (χ4v) is 1.70. The Hall–Kier alpha value is -1.75. The van der Waals surface area contributed by atoms with Gasteiger partial charge in [-0.05, 0) is 45.6 Å². The molecule has 0 aromatic heterocycles. The van der Waals surface area contributed by atoms with Crippen LogP contribution in [0.25, 0.3) is 0 Å². The third kappa shape index (κ3) is 6.99. The number of nitrogens with one attached hydrogen (secondary N) is 2.